The van der Waals surface area contributed by atoms with E-state index in [9.17, 15) is 4.79 Å². The summed E-state index contributed by atoms with van der Waals surface area (Å²) in [7, 11) is 5.63. The van der Waals surface area contributed by atoms with Crippen molar-refractivity contribution in [2.45, 2.75) is 0 Å². The molecule has 3 aromatic rings. The van der Waals surface area contributed by atoms with Crippen LogP contribution in [0.4, 0.5) is 11.4 Å². The predicted molar refractivity (Wildman–Crippen MR) is 122 cm³/mol. The summed E-state index contributed by atoms with van der Waals surface area (Å²) in [4.78, 5) is 15.3. The number of ether oxygens (including phenoxy) is 1. The van der Waals surface area contributed by atoms with Crippen LogP contribution in [0.2, 0.25) is 0 Å². The second-order valence-electron chi connectivity index (χ2n) is 7.17. The quantitative estimate of drug-likeness (QED) is 0.591. The number of methoxy groups -OCH3 is 1. The number of hydrazone groups is 1. The summed E-state index contributed by atoms with van der Waals surface area (Å²) in [6.07, 6.45) is 1.90. The largest absolute Gasteiger partial charge is 0.497 e. The molecule has 0 radical (unpaired) electrons. The summed E-state index contributed by atoms with van der Waals surface area (Å²) >= 11 is 0. The zero-order chi connectivity index (χ0) is 21.1. The maximum Gasteiger partial charge on any atom is 0.281 e. The Morgan fingerprint density at radius 3 is 2.17 bits per heavy atom. The third-order valence-corrected chi connectivity index (χ3v) is 4.96. The van der Waals surface area contributed by atoms with Gasteiger partial charge < -0.3 is 9.64 Å². The summed E-state index contributed by atoms with van der Waals surface area (Å²) in [5, 5.41) is 6.13. The number of carbonyl (C=O) groups is 1. The smallest absolute Gasteiger partial charge is 0.281 e. The van der Waals surface area contributed by atoms with Gasteiger partial charge in [-0.15, -0.1) is 0 Å². The molecule has 5 heteroatoms. The Kier molecular flexibility index (Phi) is 5.35. The van der Waals surface area contributed by atoms with E-state index in [-0.39, 0.29) is 5.91 Å². The van der Waals surface area contributed by atoms with Crippen LogP contribution in [-0.4, -0.2) is 32.8 Å². The molecule has 1 aliphatic rings. The Labute approximate surface area is 176 Å². The first kappa shape index (κ1) is 19.5. The molecule has 0 bridgehead atoms. The van der Waals surface area contributed by atoms with Crippen molar-refractivity contribution in [3.63, 3.8) is 0 Å². The molecule has 4 rings (SSSR count). The van der Waals surface area contributed by atoms with Gasteiger partial charge in [0.1, 0.15) is 11.5 Å². The lowest BCUT2D eigenvalue weighted by Crippen LogP contribution is -2.21. The first-order chi connectivity index (χ1) is 14.6. The van der Waals surface area contributed by atoms with E-state index in [0.717, 1.165) is 28.3 Å². The molecule has 0 N–H and O–H groups in total. The van der Waals surface area contributed by atoms with Crippen molar-refractivity contribution in [2.24, 2.45) is 5.10 Å². The normalized spacial score (nSPS) is 14.8. The van der Waals surface area contributed by atoms with Gasteiger partial charge in [0, 0.05) is 25.3 Å². The Bertz CT molecular complexity index is 1100. The van der Waals surface area contributed by atoms with Crippen molar-refractivity contribution in [3.8, 4) is 5.75 Å². The highest BCUT2D eigenvalue weighted by Crippen LogP contribution is 2.28. The number of amides is 1. The number of benzene rings is 3. The monoisotopic (exact) mass is 397 g/mol. The molecule has 30 heavy (non-hydrogen) atoms. The highest BCUT2D eigenvalue weighted by molar-refractivity contribution is 6.37. The molecule has 1 heterocycles. The number of carbonyl (C=O) groups excluding carboxylic acids is 1. The van der Waals surface area contributed by atoms with E-state index in [1.54, 1.807) is 7.11 Å². The van der Waals surface area contributed by atoms with Gasteiger partial charge in [-0.1, -0.05) is 30.3 Å². The van der Waals surface area contributed by atoms with Gasteiger partial charge in [-0.3, -0.25) is 4.79 Å². The Morgan fingerprint density at radius 1 is 0.900 bits per heavy atom. The minimum atomic E-state index is -0.149. The highest BCUT2D eigenvalue weighted by Gasteiger charge is 2.32. The van der Waals surface area contributed by atoms with Gasteiger partial charge in [0.05, 0.1) is 18.4 Å². The summed E-state index contributed by atoms with van der Waals surface area (Å²) in [6, 6.07) is 25.1. The van der Waals surface area contributed by atoms with Crippen LogP contribution in [0.15, 0.2) is 89.5 Å². The lowest BCUT2D eigenvalue weighted by molar-refractivity contribution is -0.114. The van der Waals surface area contributed by atoms with Crippen molar-refractivity contribution < 1.29 is 9.53 Å². The SMILES string of the molecule is COc1ccc(C2=NN(c3ccccc3)C(=O)/C2=C\c2ccc(N(C)C)cc2)cc1. The third kappa shape index (κ3) is 3.82. The number of anilines is 2. The highest BCUT2D eigenvalue weighted by atomic mass is 16.5. The average molecular weight is 397 g/mol. The fourth-order valence-electron chi connectivity index (χ4n) is 3.29. The summed E-state index contributed by atoms with van der Waals surface area (Å²) < 4.78 is 5.26. The van der Waals surface area contributed by atoms with Gasteiger partial charge in [0.15, 0.2) is 0 Å². The van der Waals surface area contributed by atoms with E-state index in [1.807, 2.05) is 104 Å². The van der Waals surface area contributed by atoms with Crippen LogP contribution in [0.3, 0.4) is 0 Å². The standard InChI is InChI=1S/C25H23N3O2/c1-27(2)20-13-9-18(10-14-20)17-23-24(19-11-15-22(30-3)16-12-19)26-28(25(23)29)21-7-5-4-6-8-21/h4-17H,1-3H3/b23-17-. The van der Waals surface area contributed by atoms with Crippen LogP contribution in [0.25, 0.3) is 6.08 Å². The van der Waals surface area contributed by atoms with E-state index in [0.29, 0.717) is 11.3 Å². The first-order valence-corrected chi connectivity index (χ1v) is 9.69. The second kappa shape index (κ2) is 8.25. The third-order valence-electron chi connectivity index (χ3n) is 4.96. The van der Waals surface area contributed by atoms with Crippen LogP contribution in [-0.2, 0) is 4.79 Å². The molecule has 0 aliphatic carbocycles. The molecule has 0 saturated heterocycles. The zero-order valence-electron chi connectivity index (χ0n) is 17.2. The number of para-hydroxylation sites is 1. The van der Waals surface area contributed by atoms with E-state index >= 15 is 0 Å². The van der Waals surface area contributed by atoms with Gasteiger partial charge >= 0.3 is 0 Å². The van der Waals surface area contributed by atoms with Crippen LogP contribution < -0.4 is 14.6 Å². The molecule has 1 amide bonds. The lowest BCUT2D eigenvalue weighted by atomic mass is 10.00. The molecule has 0 atom stereocenters. The molecule has 0 fully saturated rings. The van der Waals surface area contributed by atoms with E-state index < -0.39 is 0 Å². The minimum Gasteiger partial charge on any atom is -0.497 e. The molecular weight excluding hydrogens is 374 g/mol. The number of nitrogens with zero attached hydrogens (tertiary/aromatic N) is 3. The summed E-state index contributed by atoms with van der Waals surface area (Å²) in [5.74, 6) is 0.608. The predicted octanol–water partition coefficient (Wildman–Crippen LogP) is 4.60. The topological polar surface area (TPSA) is 45.1 Å². The fourth-order valence-corrected chi connectivity index (χ4v) is 3.29. The summed E-state index contributed by atoms with van der Waals surface area (Å²) in [5.41, 5.74) is 4.84. The van der Waals surface area contributed by atoms with Gasteiger partial charge in [-0.2, -0.15) is 10.1 Å². The molecular formula is C25H23N3O2. The van der Waals surface area contributed by atoms with Gasteiger partial charge in [0.25, 0.3) is 5.91 Å². The molecule has 0 aromatic heterocycles. The van der Waals surface area contributed by atoms with E-state index in [4.69, 9.17) is 4.74 Å². The molecule has 0 unspecified atom stereocenters. The van der Waals surface area contributed by atoms with E-state index in [2.05, 4.69) is 5.10 Å². The van der Waals surface area contributed by atoms with Gasteiger partial charge in [-0.25, -0.2) is 0 Å². The second-order valence-corrected chi connectivity index (χ2v) is 7.17. The van der Waals surface area contributed by atoms with Gasteiger partial charge in [-0.05, 0) is 60.2 Å². The number of rotatable bonds is 5. The van der Waals surface area contributed by atoms with Crippen LogP contribution in [0, 0.1) is 0 Å². The maximum absolute atomic E-state index is 13.3. The molecule has 3 aromatic carbocycles. The van der Waals surface area contributed by atoms with Crippen LogP contribution >= 0.6 is 0 Å². The first-order valence-electron chi connectivity index (χ1n) is 9.69. The van der Waals surface area contributed by atoms with Crippen LogP contribution in [0.5, 0.6) is 5.75 Å². The molecule has 0 saturated carbocycles. The number of hydrogen-bond acceptors (Lipinski definition) is 4. The minimum absolute atomic E-state index is 0.149. The van der Waals surface area contributed by atoms with Gasteiger partial charge in [0.2, 0.25) is 0 Å². The molecule has 5 nitrogen and oxygen atoms in total. The van der Waals surface area contributed by atoms with Crippen molar-refractivity contribution in [1.29, 1.82) is 0 Å². The molecule has 150 valence electrons. The van der Waals surface area contributed by atoms with Crippen molar-refractivity contribution in [2.75, 3.05) is 31.1 Å². The van der Waals surface area contributed by atoms with E-state index in [1.165, 1.54) is 5.01 Å². The molecule has 0 spiro atoms. The fraction of sp³-hybridized carbons (Fsp3) is 0.120. The Morgan fingerprint density at radius 2 is 1.57 bits per heavy atom. The van der Waals surface area contributed by atoms with Crippen molar-refractivity contribution in [3.05, 3.63) is 95.6 Å². The van der Waals surface area contributed by atoms with Crippen molar-refractivity contribution >= 4 is 29.1 Å². The van der Waals surface area contributed by atoms with Crippen LogP contribution in [0.1, 0.15) is 11.1 Å². The summed E-state index contributed by atoms with van der Waals surface area (Å²) in [6.45, 7) is 0. The lowest BCUT2D eigenvalue weighted by Gasteiger charge is -2.12. The zero-order valence-corrected chi connectivity index (χ0v) is 17.2. The Hall–Kier alpha value is -3.86. The molecule has 1 aliphatic heterocycles. The maximum atomic E-state index is 13.3. The number of hydrogen-bond donors (Lipinski definition) is 0. The van der Waals surface area contributed by atoms with Crippen molar-refractivity contribution in [1.82, 2.24) is 0 Å². The Balaban J connectivity index is 1.77. The average Bonchev–Trinajstić information content (AvgIpc) is 3.11.